The molecule has 2 aliphatic rings. The molecule has 2 atom stereocenters. The van der Waals surface area contributed by atoms with E-state index in [9.17, 15) is 27.9 Å². The van der Waals surface area contributed by atoms with Crippen LogP contribution in [-0.2, 0) is 20.9 Å². The van der Waals surface area contributed by atoms with E-state index in [2.05, 4.69) is 15.4 Å². The standard InChI is InChI=1S/C21H19F3N4O5/c22-21(23,24)33-14-4-2-13(3-5-14)28-7-8-32-17(20(28)31)16(29)19(30)27-12-1-6-15-11(9-12)10-26-18(15)25/h1-6,9,16-17,29H,7-8,10H2,(H2,25,26)(H,27,30)/t16-,17-/m1/s1. The Labute approximate surface area is 185 Å². The van der Waals surface area contributed by atoms with E-state index in [4.69, 9.17) is 10.1 Å². The predicted molar refractivity (Wildman–Crippen MR) is 110 cm³/mol. The van der Waals surface area contributed by atoms with Crippen LogP contribution < -0.4 is 20.3 Å². The fraction of sp³-hybridized carbons (Fsp3) is 0.286. The third kappa shape index (κ3) is 4.91. The van der Waals surface area contributed by atoms with Crippen molar-refractivity contribution in [2.75, 3.05) is 23.4 Å². The second-order valence-corrected chi connectivity index (χ2v) is 7.36. The number of fused-ring (bicyclic) bond motifs is 1. The van der Waals surface area contributed by atoms with E-state index in [0.29, 0.717) is 17.8 Å². The number of hydrogen-bond donors (Lipinski definition) is 4. The molecule has 0 aliphatic carbocycles. The molecule has 2 heterocycles. The highest BCUT2D eigenvalue weighted by Gasteiger charge is 2.39. The second-order valence-electron chi connectivity index (χ2n) is 7.36. The van der Waals surface area contributed by atoms with Gasteiger partial charge in [-0.1, -0.05) is 0 Å². The highest BCUT2D eigenvalue weighted by molar-refractivity contribution is 6.04. The van der Waals surface area contributed by atoms with E-state index in [0.717, 1.165) is 17.7 Å². The molecule has 0 spiro atoms. The monoisotopic (exact) mass is 464 g/mol. The summed E-state index contributed by atoms with van der Waals surface area (Å²) in [5, 5.41) is 23.6. The zero-order valence-corrected chi connectivity index (χ0v) is 17.0. The lowest BCUT2D eigenvalue weighted by molar-refractivity contribution is -0.274. The number of amides is 2. The van der Waals surface area contributed by atoms with Gasteiger partial charge in [-0.15, -0.1) is 13.2 Å². The number of nitrogens with zero attached hydrogens (tertiary/aromatic N) is 1. The Bertz CT molecular complexity index is 1090. The van der Waals surface area contributed by atoms with Crippen LogP contribution in [0.5, 0.6) is 5.75 Å². The average molecular weight is 464 g/mol. The molecule has 0 bridgehead atoms. The lowest BCUT2D eigenvalue weighted by Crippen LogP contribution is -2.55. The number of carbonyl (C=O) groups excluding carboxylic acids is 2. The van der Waals surface area contributed by atoms with Crippen molar-refractivity contribution in [2.24, 2.45) is 0 Å². The first kappa shape index (κ1) is 22.6. The summed E-state index contributed by atoms with van der Waals surface area (Å²) < 4.78 is 46.1. The molecule has 174 valence electrons. The highest BCUT2D eigenvalue weighted by atomic mass is 19.4. The summed E-state index contributed by atoms with van der Waals surface area (Å²) in [7, 11) is 0. The highest BCUT2D eigenvalue weighted by Crippen LogP contribution is 2.27. The van der Waals surface area contributed by atoms with Crippen molar-refractivity contribution in [2.45, 2.75) is 25.1 Å². The second kappa shape index (κ2) is 8.71. The molecule has 33 heavy (non-hydrogen) atoms. The Morgan fingerprint density at radius 1 is 1.27 bits per heavy atom. The number of aliphatic hydroxyl groups excluding tert-OH is 1. The molecule has 2 aromatic rings. The van der Waals surface area contributed by atoms with Crippen LogP contribution in [0.3, 0.4) is 0 Å². The smallest absolute Gasteiger partial charge is 0.406 e. The first-order chi connectivity index (χ1) is 15.6. The maximum atomic E-state index is 12.8. The Morgan fingerprint density at radius 2 is 2.00 bits per heavy atom. The van der Waals surface area contributed by atoms with Crippen molar-refractivity contribution in [3.63, 3.8) is 0 Å². The molecule has 4 rings (SSSR count). The molecular weight excluding hydrogens is 445 g/mol. The van der Waals surface area contributed by atoms with Gasteiger partial charge in [0, 0.05) is 30.0 Å². The summed E-state index contributed by atoms with van der Waals surface area (Å²) in [5.41, 5.74) is 2.17. The Balaban J connectivity index is 1.43. The van der Waals surface area contributed by atoms with Gasteiger partial charge in [0.25, 0.3) is 11.8 Å². The Morgan fingerprint density at radius 3 is 2.70 bits per heavy atom. The number of hydrogen-bond acceptors (Lipinski definition) is 6. The lowest BCUT2D eigenvalue weighted by Gasteiger charge is -2.34. The van der Waals surface area contributed by atoms with Gasteiger partial charge in [0.2, 0.25) is 0 Å². The first-order valence-corrected chi connectivity index (χ1v) is 9.86. The van der Waals surface area contributed by atoms with Gasteiger partial charge in [-0.05, 0) is 48.0 Å². The molecule has 4 N–H and O–H groups in total. The summed E-state index contributed by atoms with van der Waals surface area (Å²) in [5.74, 6) is -1.73. The molecule has 0 saturated carbocycles. The number of alkyl halides is 3. The number of nitrogens with one attached hydrogen (secondary N) is 3. The third-order valence-corrected chi connectivity index (χ3v) is 5.16. The molecule has 2 aromatic carbocycles. The van der Waals surface area contributed by atoms with E-state index in [1.54, 1.807) is 18.2 Å². The summed E-state index contributed by atoms with van der Waals surface area (Å²) in [6, 6.07) is 9.56. The number of rotatable bonds is 5. The molecule has 2 aliphatic heterocycles. The average Bonchev–Trinajstić information content (AvgIpc) is 3.13. The fourth-order valence-corrected chi connectivity index (χ4v) is 3.61. The van der Waals surface area contributed by atoms with Crippen LogP contribution in [0.4, 0.5) is 24.5 Å². The number of morpholine rings is 1. The van der Waals surface area contributed by atoms with E-state index in [1.807, 2.05) is 0 Å². The van der Waals surface area contributed by atoms with Gasteiger partial charge >= 0.3 is 6.36 Å². The fourth-order valence-electron chi connectivity index (χ4n) is 3.61. The van der Waals surface area contributed by atoms with Crippen molar-refractivity contribution < 1.29 is 37.3 Å². The van der Waals surface area contributed by atoms with Gasteiger partial charge < -0.3 is 30.1 Å². The van der Waals surface area contributed by atoms with E-state index in [1.165, 1.54) is 17.0 Å². The summed E-state index contributed by atoms with van der Waals surface area (Å²) in [6.45, 7) is 0.535. The van der Waals surface area contributed by atoms with Crippen LogP contribution in [0.1, 0.15) is 11.1 Å². The van der Waals surface area contributed by atoms with Crippen molar-refractivity contribution in [1.82, 2.24) is 5.32 Å². The minimum Gasteiger partial charge on any atom is -0.406 e. The number of amidine groups is 1. The predicted octanol–water partition coefficient (Wildman–Crippen LogP) is 1.75. The minimum absolute atomic E-state index is 0.00811. The van der Waals surface area contributed by atoms with Crippen molar-refractivity contribution in [1.29, 1.82) is 5.41 Å². The van der Waals surface area contributed by atoms with E-state index < -0.39 is 36.1 Å². The number of ether oxygens (including phenoxy) is 2. The van der Waals surface area contributed by atoms with Gasteiger partial charge in [0.15, 0.2) is 12.2 Å². The van der Waals surface area contributed by atoms with Gasteiger partial charge in [-0.25, -0.2) is 0 Å². The lowest BCUT2D eigenvalue weighted by atomic mass is 10.1. The molecule has 12 heteroatoms. The van der Waals surface area contributed by atoms with Gasteiger partial charge in [0.05, 0.1) is 6.61 Å². The van der Waals surface area contributed by atoms with Crippen molar-refractivity contribution in [3.8, 4) is 5.75 Å². The zero-order valence-electron chi connectivity index (χ0n) is 17.0. The van der Waals surface area contributed by atoms with Crippen LogP contribution >= 0.6 is 0 Å². The summed E-state index contributed by atoms with van der Waals surface area (Å²) in [6.07, 6.45) is -8.15. The van der Waals surface area contributed by atoms with Gasteiger partial charge in [-0.2, -0.15) is 0 Å². The maximum Gasteiger partial charge on any atom is 0.573 e. The molecule has 9 nitrogen and oxygen atoms in total. The third-order valence-electron chi connectivity index (χ3n) is 5.16. The van der Waals surface area contributed by atoms with Crippen molar-refractivity contribution in [3.05, 3.63) is 53.6 Å². The molecular formula is C21H19F3N4O5. The normalized spacial score (nSPS) is 19.0. The molecule has 1 saturated heterocycles. The van der Waals surface area contributed by atoms with Crippen LogP contribution in [0.25, 0.3) is 0 Å². The SMILES string of the molecule is N=C1NCc2cc(NC(=O)[C@H](O)[C@H]3OCCN(c4ccc(OC(F)(F)F)cc4)C3=O)ccc21. The molecule has 0 aromatic heterocycles. The Kier molecular flexibility index (Phi) is 5.95. The number of halogens is 3. The van der Waals surface area contributed by atoms with E-state index >= 15 is 0 Å². The zero-order chi connectivity index (χ0) is 23.8. The number of anilines is 2. The van der Waals surface area contributed by atoms with Crippen molar-refractivity contribution >= 4 is 29.0 Å². The molecule has 0 unspecified atom stereocenters. The number of benzene rings is 2. The number of aliphatic hydroxyl groups is 1. The molecule has 1 fully saturated rings. The van der Waals surface area contributed by atoms with Crippen LogP contribution in [0.15, 0.2) is 42.5 Å². The first-order valence-electron chi connectivity index (χ1n) is 9.86. The van der Waals surface area contributed by atoms with E-state index in [-0.39, 0.29) is 24.7 Å². The quantitative estimate of drug-likeness (QED) is 0.535. The molecule has 0 radical (unpaired) electrons. The summed E-state index contributed by atoms with van der Waals surface area (Å²) in [4.78, 5) is 26.6. The van der Waals surface area contributed by atoms with Crippen LogP contribution in [0, 0.1) is 5.41 Å². The number of carbonyl (C=O) groups is 2. The largest absolute Gasteiger partial charge is 0.573 e. The maximum absolute atomic E-state index is 12.8. The Hall–Kier alpha value is -3.64. The van der Waals surface area contributed by atoms with Gasteiger partial charge in [-0.3, -0.25) is 15.0 Å². The summed E-state index contributed by atoms with van der Waals surface area (Å²) >= 11 is 0. The molecule has 2 amide bonds. The van der Waals surface area contributed by atoms with Crippen LogP contribution in [-0.4, -0.2) is 54.5 Å². The minimum atomic E-state index is -4.84. The van der Waals surface area contributed by atoms with Crippen LogP contribution in [0.2, 0.25) is 0 Å². The van der Waals surface area contributed by atoms with Gasteiger partial charge in [0.1, 0.15) is 11.6 Å². The topological polar surface area (TPSA) is 124 Å².